The Hall–Kier alpha value is -3.45. The van der Waals surface area contributed by atoms with Gasteiger partial charge in [0.05, 0.1) is 43.1 Å². The number of halogens is 4. The van der Waals surface area contributed by atoms with Crippen LogP contribution in [0.15, 0.2) is 36.7 Å². The lowest BCUT2D eigenvalue weighted by Gasteiger charge is -2.35. The lowest BCUT2D eigenvalue weighted by molar-refractivity contribution is -0.275. The molecule has 1 amide bonds. The van der Waals surface area contributed by atoms with E-state index in [-0.39, 0.29) is 28.9 Å². The van der Waals surface area contributed by atoms with Crippen LogP contribution in [0.25, 0.3) is 5.65 Å². The van der Waals surface area contributed by atoms with E-state index < -0.39 is 35.5 Å². The van der Waals surface area contributed by atoms with E-state index in [9.17, 15) is 27.5 Å². The number of nitrogens with one attached hydrogen (secondary N) is 1. The van der Waals surface area contributed by atoms with E-state index in [1.807, 2.05) is 6.07 Å². The zero-order valence-electron chi connectivity index (χ0n) is 20.0. The highest BCUT2D eigenvalue weighted by molar-refractivity contribution is 6.00. The van der Waals surface area contributed by atoms with E-state index in [0.29, 0.717) is 19.0 Å². The third kappa shape index (κ3) is 5.05. The summed E-state index contributed by atoms with van der Waals surface area (Å²) in [6.07, 6.45) is -0.0624. The standard InChI is InChI=1S/C24H25F4N5O4/c1-23(2,35)20(13-3-6-18(17(25)9-13)37-24(26,27)28)31-22(34)16-10-29-32-8-7-19(30-21(16)32)33-14-4-5-15(33)12-36-11-14/h3,6-10,14-15,20,35H,4-5,11-12H2,1-2H3,(H,31,34). The van der Waals surface area contributed by atoms with Crippen LogP contribution in [0.1, 0.15) is 48.7 Å². The molecule has 3 unspecified atom stereocenters. The van der Waals surface area contributed by atoms with Crippen LogP contribution in [0.2, 0.25) is 0 Å². The predicted octanol–water partition coefficient (Wildman–Crippen LogP) is 3.38. The molecule has 5 rings (SSSR count). The summed E-state index contributed by atoms with van der Waals surface area (Å²) in [7, 11) is 0. The van der Waals surface area contributed by atoms with Crippen molar-refractivity contribution in [3.05, 3.63) is 53.6 Å². The minimum atomic E-state index is -5.07. The van der Waals surface area contributed by atoms with E-state index in [2.05, 4.69) is 25.0 Å². The summed E-state index contributed by atoms with van der Waals surface area (Å²) in [5.74, 6) is -2.26. The number of carbonyl (C=O) groups excluding carboxylic acids is 1. The van der Waals surface area contributed by atoms with Crippen molar-refractivity contribution < 1.29 is 36.9 Å². The maximum Gasteiger partial charge on any atom is 0.573 e. The van der Waals surface area contributed by atoms with Crippen molar-refractivity contribution in [2.45, 2.75) is 56.8 Å². The fourth-order valence-corrected chi connectivity index (χ4v) is 4.95. The summed E-state index contributed by atoms with van der Waals surface area (Å²) in [5.41, 5.74) is -1.16. The lowest BCUT2D eigenvalue weighted by atomic mass is 9.91. The summed E-state index contributed by atoms with van der Waals surface area (Å²) < 4.78 is 62.7. The van der Waals surface area contributed by atoms with Gasteiger partial charge in [-0.15, -0.1) is 13.2 Å². The SMILES string of the molecule is CC(C)(O)C(NC(=O)c1cnn2ccc(N3C4CCC3COC4)nc12)c1ccc(OC(F)(F)F)c(F)c1. The average molecular weight is 523 g/mol. The second kappa shape index (κ2) is 9.14. The Morgan fingerprint density at radius 2 is 1.92 bits per heavy atom. The Bertz CT molecular complexity index is 1310. The van der Waals surface area contributed by atoms with Crippen LogP contribution in [0, 0.1) is 5.82 Å². The minimum absolute atomic E-state index is 0.0443. The van der Waals surface area contributed by atoms with Gasteiger partial charge in [-0.25, -0.2) is 13.9 Å². The molecule has 0 radical (unpaired) electrons. The van der Waals surface area contributed by atoms with Crippen LogP contribution in [-0.4, -0.2) is 62.9 Å². The molecule has 2 N–H and O–H groups in total. The molecule has 13 heteroatoms. The van der Waals surface area contributed by atoms with Crippen LogP contribution >= 0.6 is 0 Å². The van der Waals surface area contributed by atoms with E-state index in [1.54, 1.807) is 6.20 Å². The molecule has 3 aromatic rings. The zero-order chi connectivity index (χ0) is 26.5. The number of rotatable bonds is 6. The number of hydrogen-bond donors (Lipinski definition) is 2. The number of alkyl halides is 3. The summed E-state index contributed by atoms with van der Waals surface area (Å²) in [6, 6.07) is 3.77. The first-order valence-electron chi connectivity index (χ1n) is 11.7. The first-order chi connectivity index (χ1) is 17.4. The van der Waals surface area contributed by atoms with Crippen molar-refractivity contribution in [1.29, 1.82) is 0 Å². The van der Waals surface area contributed by atoms with Crippen LogP contribution < -0.4 is 15.0 Å². The molecule has 2 bridgehead atoms. The number of ether oxygens (including phenoxy) is 2. The maximum absolute atomic E-state index is 14.4. The normalized spacial score (nSPS) is 20.8. The number of morpholine rings is 1. The van der Waals surface area contributed by atoms with Gasteiger partial charge in [0, 0.05) is 6.20 Å². The second-order valence-electron chi connectivity index (χ2n) is 9.74. The van der Waals surface area contributed by atoms with Gasteiger partial charge >= 0.3 is 6.36 Å². The molecule has 37 heavy (non-hydrogen) atoms. The number of hydrogen-bond acceptors (Lipinski definition) is 7. The summed E-state index contributed by atoms with van der Waals surface area (Å²) in [6.45, 7) is 3.98. The average Bonchev–Trinajstić information content (AvgIpc) is 3.34. The number of anilines is 1. The Balaban J connectivity index is 1.43. The molecule has 2 aromatic heterocycles. The molecule has 0 aliphatic carbocycles. The molecular weight excluding hydrogens is 498 g/mol. The molecule has 0 spiro atoms. The van der Waals surface area contributed by atoms with Crippen molar-refractivity contribution in [2.24, 2.45) is 0 Å². The molecule has 9 nitrogen and oxygen atoms in total. The number of benzene rings is 1. The molecule has 2 aliphatic rings. The number of aliphatic hydroxyl groups is 1. The van der Waals surface area contributed by atoms with Crippen LogP contribution in [0.4, 0.5) is 23.4 Å². The highest BCUT2D eigenvalue weighted by Crippen LogP contribution is 2.34. The van der Waals surface area contributed by atoms with Crippen LogP contribution in [0.3, 0.4) is 0 Å². The first kappa shape index (κ1) is 25.2. The Morgan fingerprint density at radius 1 is 1.22 bits per heavy atom. The molecule has 4 heterocycles. The third-order valence-electron chi connectivity index (χ3n) is 6.60. The van der Waals surface area contributed by atoms with Gasteiger partial charge in [0.1, 0.15) is 11.4 Å². The number of nitrogens with zero attached hydrogens (tertiary/aromatic N) is 4. The molecule has 2 fully saturated rings. The van der Waals surface area contributed by atoms with E-state index in [1.165, 1.54) is 24.6 Å². The smallest absolute Gasteiger partial charge is 0.403 e. The molecule has 2 saturated heterocycles. The van der Waals surface area contributed by atoms with Crippen molar-refractivity contribution in [3.8, 4) is 5.75 Å². The van der Waals surface area contributed by atoms with Gasteiger partial charge in [-0.2, -0.15) is 5.10 Å². The van der Waals surface area contributed by atoms with Gasteiger partial charge in [0.2, 0.25) is 0 Å². The van der Waals surface area contributed by atoms with Crippen molar-refractivity contribution in [3.63, 3.8) is 0 Å². The number of aromatic nitrogens is 3. The quantitative estimate of drug-likeness (QED) is 0.478. The summed E-state index contributed by atoms with van der Waals surface area (Å²) in [4.78, 5) is 20.2. The Kier molecular flexibility index (Phi) is 6.23. The number of fused-ring (bicyclic) bond motifs is 3. The van der Waals surface area contributed by atoms with Crippen molar-refractivity contribution in [2.75, 3.05) is 18.1 Å². The first-order valence-corrected chi connectivity index (χ1v) is 11.7. The monoisotopic (exact) mass is 523 g/mol. The van der Waals surface area contributed by atoms with E-state index >= 15 is 0 Å². The summed E-state index contributed by atoms with van der Waals surface area (Å²) >= 11 is 0. The van der Waals surface area contributed by atoms with Crippen LogP contribution in [0.5, 0.6) is 5.75 Å². The Morgan fingerprint density at radius 3 is 2.54 bits per heavy atom. The van der Waals surface area contributed by atoms with Gasteiger partial charge in [-0.3, -0.25) is 4.79 Å². The zero-order valence-corrected chi connectivity index (χ0v) is 20.0. The van der Waals surface area contributed by atoms with Gasteiger partial charge in [0.25, 0.3) is 5.91 Å². The summed E-state index contributed by atoms with van der Waals surface area (Å²) in [5, 5.41) is 17.5. The van der Waals surface area contributed by atoms with Gasteiger partial charge in [-0.1, -0.05) is 6.07 Å². The predicted molar refractivity (Wildman–Crippen MR) is 123 cm³/mol. The number of carbonyl (C=O) groups is 1. The van der Waals surface area contributed by atoms with E-state index in [0.717, 1.165) is 31.0 Å². The lowest BCUT2D eigenvalue weighted by Crippen LogP contribution is -2.46. The topological polar surface area (TPSA) is 101 Å². The van der Waals surface area contributed by atoms with Crippen molar-refractivity contribution >= 4 is 17.4 Å². The highest BCUT2D eigenvalue weighted by Gasteiger charge is 2.39. The van der Waals surface area contributed by atoms with Crippen LogP contribution in [-0.2, 0) is 4.74 Å². The molecule has 3 atom stereocenters. The van der Waals surface area contributed by atoms with Gasteiger partial charge < -0.3 is 24.8 Å². The third-order valence-corrected chi connectivity index (χ3v) is 6.60. The van der Waals surface area contributed by atoms with Crippen molar-refractivity contribution in [1.82, 2.24) is 19.9 Å². The van der Waals surface area contributed by atoms with E-state index in [4.69, 9.17) is 4.74 Å². The molecule has 198 valence electrons. The highest BCUT2D eigenvalue weighted by atomic mass is 19.4. The second-order valence-corrected chi connectivity index (χ2v) is 9.74. The fourth-order valence-electron chi connectivity index (χ4n) is 4.95. The molecule has 2 aliphatic heterocycles. The molecule has 1 aromatic carbocycles. The largest absolute Gasteiger partial charge is 0.573 e. The minimum Gasteiger partial charge on any atom is -0.403 e. The fraction of sp³-hybridized carbons (Fsp3) is 0.458. The molecule has 0 saturated carbocycles. The molecular formula is C24H25F4N5O4. The Labute approximate surface area is 209 Å². The number of amides is 1. The van der Waals surface area contributed by atoms with Gasteiger partial charge in [0.15, 0.2) is 17.2 Å². The maximum atomic E-state index is 14.4. The van der Waals surface area contributed by atoms with Gasteiger partial charge in [-0.05, 0) is 50.5 Å².